The van der Waals surface area contributed by atoms with E-state index in [1.165, 1.54) is 0 Å². The van der Waals surface area contributed by atoms with Crippen LogP contribution in [0.4, 0.5) is 5.69 Å². The molecule has 7 nitrogen and oxygen atoms in total. The maximum Gasteiger partial charge on any atom is 0.223 e. The van der Waals surface area contributed by atoms with Crippen molar-refractivity contribution >= 4 is 22.5 Å². The molecule has 1 aromatic heterocycles. The summed E-state index contributed by atoms with van der Waals surface area (Å²) in [6.45, 7) is 7.53. The summed E-state index contributed by atoms with van der Waals surface area (Å²) in [5.74, 6) is 2.62. The third-order valence-corrected chi connectivity index (χ3v) is 6.14. The van der Waals surface area contributed by atoms with Gasteiger partial charge in [-0.2, -0.15) is 0 Å². The van der Waals surface area contributed by atoms with Gasteiger partial charge in [0.25, 0.3) is 0 Å². The summed E-state index contributed by atoms with van der Waals surface area (Å²) < 4.78 is 16.3. The summed E-state index contributed by atoms with van der Waals surface area (Å²) in [5, 5.41) is 4.63. The molecular formula is C29H39N3O4. The van der Waals surface area contributed by atoms with Gasteiger partial charge < -0.3 is 24.4 Å². The van der Waals surface area contributed by atoms with Crippen LogP contribution in [-0.2, 0) is 11.3 Å². The molecule has 1 atom stereocenters. The molecule has 0 bridgehead atoms. The molecule has 2 aromatic carbocycles. The number of fused-ring (bicyclic) bond motifs is 1. The van der Waals surface area contributed by atoms with Gasteiger partial charge in [-0.25, -0.2) is 0 Å². The van der Waals surface area contributed by atoms with Gasteiger partial charge in [-0.05, 0) is 55.5 Å². The van der Waals surface area contributed by atoms with Gasteiger partial charge in [0.15, 0.2) is 11.5 Å². The SMILES string of the molecule is COc1cc(NC(C)CCCN(Cc2ccc(OC)c(OC)c2)C(=O)CC(C)C)c2ncccc2c1. The maximum atomic E-state index is 13.1. The topological polar surface area (TPSA) is 72.9 Å². The largest absolute Gasteiger partial charge is 0.497 e. The number of amides is 1. The van der Waals surface area contributed by atoms with Crippen molar-refractivity contribution in [3.63, 3.8) is 0 Å². The second-order valence-corrected chi connectivity index (χ2v) is 9.54. The number of carbonyl (C=O) groups excluding carboxylic acids is 1. The zero-order valence-corrected chi connectivity index (χ0v) is 22.3. The highest BCUT2D eigenvalue weighted by Crippen LogP contribution is 2.30. The van der Waals surface area contributed by atoms with Crippen LogP contribution in [0.3, 0.4) is 0 Å². The summed E-state index contributed by atoms with van der Waals surface area (Å²) in [6.07, 6.45) is 4.11. The Hall–Kier alpha value is -3.48. The first-order valence-corrected chi connectivity index (χ1v) is 12.5. The van der Waals surface area contributed by atoms with Gasteiger partial charge in [0.2, 0.25) is 5.91 Å². The third-order valence-electron chi connectivity index (χ3n) is 6.14. The fourth-order valence-corrected chi connectivity index (χ4v) is 4.29. The quantitative estimate of drug-likeness (QED) is 0.319. The summed E-state index contributed by atoms with van der Waals surface area (Å²) in [4.78, 5) is 19.6. The predicted octanol–water partition coefficient (Wildman–Crippen LogP) is 5.92. The average Bonchev–Trinajstić information content (AvgIpc) is 2.87. The lowest BCUT2D eigenvalue weighted by Gasteiger charge is -2.25. The van der Waals surface area contributed by atoms with Crippen molar-refractivity contribution in [2.75, 3.05) is 33.2 Å². The van der Waals surface area contributed by atoms with E-state index < -0.39 is 0 Å². The Morgan fingerprint density at radius 1 is 1.00 bits per heavy atom. The lowest BCUT2D eigenvalue weighted by Crippen LogP contribution is -2.33. The molecule has 0 spiro atoms. The number of carbonyl (C=O) groups is 1. The van der Waals surface area contributed by atoms with Crippen LogP contribution in [0, 0.1) is 5.92 Å². The number of pyridine rings is 1. The van der Waals surface area contributed by atoms with Crippen molar-refractivity contribution < 1.29 is 19.0 Å². The van der Waals surface area contributed by atoms with Crippen LogP contribution in [0.2, 0.25) is 0 Å². The minimum atomic E-state index is 0.170. The summed E-state index contributed by atoms with van der Waals surface area (Å²) >= 11 is 0. The van der Waals surface area contributed by atoms with Crippen LogP contribution in [0.1, 0.15) is 45.6 Å². The number of nitrogens with one attached hydrogen (secondary N) is 1. The zero-order valence-electron chi connectivity index (χ0n) is 22.3. The van der Waals surface area contributed by atoms with Crippen molar-refractivity contribution in [1.29, 1.82) is 0 Å². The van der Waals surface area contributed by atoms with Gasteiger partial charge in [0, 0.05) is 43.2 Å². The fraction of sp³-hybridized carbons (Fsp3) is 0.448. The standard InChI is InChI=1S/C29H39N3O4/c1-20(2)15-28(33)32(19-22-11-12-26(35-5)27(16-22)36-6)14-8-9-21(3)31-25-18-24(34-4)17-23-10-7-13-30-29(23)25/h7,10-13,16-18,20-21,31H,8-9,14-15,19H2,1-6H3. The highest BCUT2D eigenvalue weighted by Gasteiger charge is 2.17. The monoisotopic (exact) mass is 493 g/mol. The molecule has 0 aliphatic carbocycles. The van der Waals surface area contributed by atoms with Crippen molar-refractivity contribution in [2.24, 2.45) is 5.92 Å². The van der Waals surface area contributed by atoms with Gasteiger partial charge in [-0.15, -0.1) is 0 Å². The average molecular weight is 494 g/mol. The molecule has 3 rings (SSSR count). The number of anilines is 1. The smallest absolute Gasteiger partial charge is 0.223 e. The molecule has 0 saturated heterocycles. The molecule has 0 fully saturated rings. The second-order valence-electron chi connectivity index (χ2n) is 9.54. The molecule has 1 amide bonds. The number of hydrogen-bond acceptors (Lipinski definition) is 6. The predicted molar refractivity (Wildman–Crippen MR) is 145 cm³/mol. The van der Waals surface area contributed by atoms with Crippen LogP contribution >= 0.6 is 0 Å². The first kappa shape index (κ1) is 27.1. The van der Waals surface area contributed by atoms with Crippen LogP contribution in [0.15, 0.2) is 48.7 Å². The molecule has 0 aliphatic rings. The van der Waals surface area contributed by atoms with E-state index >= 15 is 0 Å². The minimum absolute atomic E-state index is 0.170. The Morgan fingerprint density at radius 3 is 2.47 bits per heavy atom. The molecule has 194 valence electrons. The molecule has 0 aliphatic heterocycles. The number of aromatic nitrogens is 1. The normalized spacial score (nSPS) is 11.9. The Morgan fingerprint density at radius 2 is 1.78 bits per heavy atom. The van der Waals surface area contributed by atoms with Crippen LogP contribution < -0.4 is 19.5 Å². The van der Waals surface area contributed by atoms with E-state index in [9.17, 15) is 4.79 Å². The fourth-order valence-electron chi connectivity index (χ4n) is 4.29. The third kappa shape index (κ3) is 7.26. The van der Waals surface area contributed by atoms with E-state index in [0.29, 0.717) is 36.9 Å². The maximum absolute atomic E-state index is 13.1. The van der Waals surface area contributed by atoms with E-state index in [4.69, 9.17) is 14.2 Å². The van der Waals surface area contributed by atoms with Crippen molar-refractivity contribution in [1.82, 2.24) is 9.88 Å². The molecule has 1 unspecified atom stereocenters. The number of hydrogen-bond donors (Lipinski definition) is 1. The minimum Gasteiger partial charge on any atom is -0.497 e. The highest BCUT2D eigenvalue weighted by atomic mass is 16.5. The van der Waals surface area contributed by atoms with E-state index in [1.807, 2.05) is 47.4 Å². The molecule has 0 saturated carbocycles. The van der Waals surface area contributed by atoms with Crippen LogP contribution in [0.5, 0.6) is 17.2 Å². The summed E-state index contributed by atoms with van der Waals surface area (Å²) in [5.41, 5.74) is 2.90. The van der Waals surface area contributed by atoms with E-state index in [1.54, 1.807) is 27.5 Å². The Kier molecular flexibility index (Phi) is 9.79. The molecule has 1 N–H and O–H groups in total. The van der Waals surface area contributed by atoms with Crippen LogP contribution in [-0.4, -0.2) is 49.7 Å². The Labute approximate surface area is 214 Å². The highest BCUT2D eigenvalue weighted by molar-refractivity contribution is 5.91. The molecule has 36 heavy (non-hydrogen) atoms. The van der Waals surface area contributed by atoms with Crippen molar-refractivity contribution in [2.45, 2.75) is 52.6 Å². The first-order valence-electron chi connectivity index (χ1n) is 12.5. The molecule has 7 heteroatoms. The molecule has 0 radical (unpaired) electrons. The summed E-state index contributed by atoms with van der Waals surface area (Å²) in [7, 11) is 4.92. The molecular weight excluding hydrogens is 454 g/mol. The zero-order chi connectivity index (χ0) is 26.1. The lowest BCUT2D eigenvalue weighted by atomic mass is 10.1. The summed E-state index contributed by atoms with van der Waals surface area (Å²) in [6, 6.07) is 14.0. The number of methoxy groups -OCH3 is 3. The van der Waals surface area contributed by atoms with Crippen molar-refractivity contribution in [3.8, 4) is 17.2 Å². The molecule has 1 heterocycles. The van der Waals surface area contributed by atoms with E-state index in [-0.39, 0.29) is 11.9 Å². The number of ether oxygens (including phenoxy) is 3. The number of nitrogens with zero attached hydrogens (tertiary/aromatic N) is 2. The van der Waals surface area contributed by atoms with Gasteiger partial charge in [0.05, 0.1) is 32.5 Å². The second kappa shape index (κ2) is 13.0. The number of rotatable bonds is 13. The van der Waals surface area contributed by atoms with E-state index in [2.05, 4.69) is 31.1 Å². The Balaban J connectivity index is 1.66. The Bertz CT molecular complexity index is 1150. The van der Waals surface area contributed by atoms with Gasteiger partial charge in [-0.1, -0.05) is 26.0 Å². The lowest BCUT2D eigenvalue weighted by molar-refractivity contribution is -0.132. The first-order chi connectivity index (χ1) is 17.3. The molecule has 3 aromatic rings. The van der Waals surface area contributed by atoms with Gasteiger partial charge in [0.1, 0.15) is 5.75 Å². The number of benzene rings is 2. The van der Waals surface area contributed by atoms with Crippen LogP contribution in [0.25, 0.3) is 10.9 Å². The van der Waals surface area contributed by atoms with E-state index in [0.717, 1.165) is 40.7 Å². The van der Waals surface area contributed by atoms with Gasteiger partial charge in [-0.3, -0.25) is 9.78 Å². The van der Waals surface area contributed by atoms with Crippen molar-refractivity contribution in [3.05, 3.63) is 54.2 Å². The van der Waals surface area contributed by atoms with Gasteiger partial charge >= 0.3 is 0 Å².